The van der Waals surface area contributed by atoms with E-state index in [1.54, 1.807) is 12.2 Å². The summed E-state index contributed by atoms with van der Waals surface area (Å²) in [6.45, 7) is -0.226. The van der Waals surface area contributed by atoms with Gasteiger partial charge in [-0.15, -0.1) is 0 Å². The van der Waals surface area contributed by atoms with Gasteiger partial charge >= 0.3 is 12.1 Å². The van der Waals surface area contributed by atoms with Gasteiger partial charge in [0.05, 0.1) is 5.56 Å². The minimum atomic E-state index is -4.47. The second-order valence-electron chi connectivity index (χ2n) is 7.23. The van der Waals surface area contributed by atoms with Crippen molar-refractivity contribution < 1.29 is 37.7 Å². The maximum atomic E-state index is 12.7. The van der Waals surface area contributed by atoms with Crippen LogP contribution in [0.15, 0.2) is 60.7 Å². The first-order valence-electron chi connectivity index (χ1n) is 9.92. The summed E-state index contributed by atoms with van der Waals surface area (Å²) in [7, 11) is 0. The number of ketones is 1. The molecule has 3 atom stereocenters. The molecule has 0 bridgehead atoms. The number of ether oxygens (including phenoxy) is 1. The Kier molecular flexibility index (Phi) is 9.05. The van der Waals surface area contributed by atoms with Crippen molar-refractivity contribution in [2.75, 3.05) is 6.61 Å². The van der Waals surface area contributed by atoms with Crippen molar-refractivity contribution in [2.45, 2.75) is 38.0 Å². The Hall–Kier alpha value is -2.87. The molecule has 31 heavy (non-hydrogen) atoms. The van der Waals surface area contributed by atoms with Crippen molar-refractivity contribution in [3.63, 3.8) is 0 Å². The summed E-state index contributed by atoms with van der Waals surface area (Å²) in [6.07, 6.45) is 6.30. The first-order chi connectivity index (χ1) is 14.7. The van der Waals surface area contributed by atoms with E-state index < -0.39 is 23.8 Å². The maximum Gasteiger partial charge on any atom is 0.416 e. The van der Waals surface area contributed by atoms with Crippen molar-refractivity contribution in [2.24, 2.45) is 11.8 Å². The van der Waals surface area contributed by atoms with E-state index in [1.165, 1.54) is 24.3 Å². The highest BCUT2D eigenvalue weighted by atomic mass is 19.4. The molecule has 1 aliphatic carbocycles. The molecule has 168 valence electrons. The lowest BCUT2D eigenvalue weighted by Gasteiger charge is -2.14. The summed E-state index contributed by atoms with van der Waals surface area (Å²) < 4.78 is 43.4. The number of carboxylic acid groups (broad SMARTS) is 1. The van der Waals surface area contributed by atoms with E-state index in [0.717, 1.165) is 12.1 Å². The Morgan fingerprint density at radius 1 is 1.26 bits per heavy atom. The molecule has 0 aromatic heterocycles. The van der Waals surface area contributed by atoms with E-state index in [9.17, 15) is 27.9 Å². The van der Waals surface area contributed by atoms with E-state index in [0.29, 0.717) is 19.3 Å². The van der Waals surface area contributed by atoms with Gasteiger partial charge in [0.15, 0.2) is 5.78 Å². The molecule has 1 aromatic rings. The lowest BCUT2D eigenvalue weighted by Crippen LogP contribution is -2.17. The molecule has 0 heterocycles. The second kappa shape index (κ2) is 11.5. The average Bonchev–Trinajstić information content (AvgIpc) is 3.06. The smallest absolute Gasteiger partial charge is 0.416 e. The fourth-order valence-corrected chi connectivity index (χ4v) is 3.11. The first-order valence-corrected chi connectivity index (χ1v) is 9.92. The molecule has 2 N–H and O–H groups in total. The van der Waals surface area contributed by atoms with Gasteiger partial charge in [0, 0.05) is 18.3 Å². The standard InChI is InChI=1S/C23H25F3O5/c24-23(25,26)17-6-5-7-19(14-17)31-15-18(27)12-10-16-11-13-21(28)20(16)8-3-1-2-4-9-22(29)30/h1,3,5-7,10-14,16,18,20,27H,2,4,8-9,15H2,(H,29,30)/b3-1-,12-10+/t16-,18+,20+/m0/s1. The normalized spacial score (nSPS) is 20.1. The average molecular weight is 438 g/mol. The number of carbonyl (C=O) groups is 2. The zero-order chi connectivity index (χ0) is 22.9. The Labute approximate surface area is 178 Å². The molecule has 2 rings (SSSR count). The van der Waals surface area contributed by atoms with Gasteiger partial charge in [0.25, 0.3) is 0 Å². The van der Waals surface area contributed by atoms with Crippen molar-refractivity contribution in [1.82, 2.24) is 0 Å². The Morgan fingerprint density at radius 3 is 2.74 bits per heavy atom. The molecule has 0 spiro atoms. The Bertz CT molecular complexity index is 842. The highest BCUT2D eigenvalue weighted by molar-refractivity contribution is 5.95. The number of hydrogen-bond acceptors (Lipinski definition) is 4. The summed E-state index contributed by atoms with van der Waals surface area (Å²) in [5.74, 6) is -1.38. The van der Waals surface area contributed by atoms with Gasteiger partial charge < -0.3 is 14.9 Å². The number of allylic oxidation sites excluding steroid dienone is 5. The number of unbranched alkanes of at least 4 members (excludes halogenated alkanes) is 1. The number of halogens is 3. The van der Waals surface area contributed by atoms with E-state index >= 15 is 0 Å². The van der Waals surface area contributed by atoms with Crippen LogP contribution in [0.1, 0.15) is 31.2 Å². The number of rotatable bonds is 11. The molecule has 0 saturated carbocycles. The SMILES string of the molecule is O=C(O)CCC/C=C\C[C@H]1C(=O)C=C[C@@H]1/C=C/[C@@H](O)COc1cccc(C(F)(F)F)c1. The molecule has 0 saturated heterocycles. The third kappa shape index (κ3) is 8.41. The number of aliphatic hydroxyl groups excluding tert-OH is 1. The van der Waals surface area contributed by atoms with Crippen LogP contribution in [-0.2, 0) is 15.8 Å². The molecule has 5 nitrogen and oxygen atoms in total. The fraction of sp³-hybridized carbons (Fsp3) is 0.391. The number of aliphatic hydroxyl groups is 1. The van der Waals surface area contributed by atoms with Gasteiger partial charge in [-0.3, -0.25) is 9.59 Å². The third-order valence-corrected chi connectivity index (χ3v) is 4.77. The van der Waals surface area contributed by atoms with E-state index in [4.69, 9.17) is 9.84 Å². The third-order valence-electron chi connectivity index (χ3n) is 4.77. The van der Waals surface area contributed by atoms with Crippen LogP contribution in [0.25, 0.3) is 0 Å². The van der Waals surface area contributed by atoms with E-state index in [2.05, 4.69) is 0 Å². The second-order valence-corrected chi connectivity index (χ2v) is 7.23. The maximum absolute atomic E-state index is 12.7. The zero-order valence-corrected chi connectivity index (χ0v) is 16.8. The minimum Gasteiger partial charge on any atom is -0.491 e. The fourth-order valence-electron chi connectivity index (χ4n) is 3.11. The first kappa shape index (κ1) is 24.4. The predicted molar refractivity (Wildman–Crippen MR) is 108 cm³/mol. The highest BCUT2D eigenvalue weighted by Gasteiger charge is 2.30. The molecule has 0 unspecified atom stereocenters. The summed E-state index contributed by atoms with van der Waals surface area (Å²) >= 11 is 0. The quantitative estimate of drug-likeness (QED) is 0.391. The number of alkyl halides is 3. The molecule has 8 heteroatoms. The van der Waals surface area contributed by atoms with Crippen LogP contribution in [-0.4, -0.2) is 34.7 Å². The summed E-state index contributed by atoms with van der Waals surface area (Å²) in [6, 6.07) is 4.42. The van der Waals surface area contributed by atoms with Crippen molar-refractivity contribution >= 4 is 11.8 Å². The lowest BCUT2D eigenvalue weighted by molar-refractivity contribution is -0.138. The monoisotopic (exact) mass is 438 g/mol. The van der Waals surface area contributed by atoms with Crippen molar-refractivity contribution in [3.05, 3.63) is 66.3 Å². The molecule has 1 aromatic carbocycles. The van der Waals surface area contributed by atoms with Gasteiger partial charge in [0.2, 0.25) is 0 Å². The molecule has 1 aliphatic rings. The largest absolute Gasteiger partial charge is 0.491 e. The number of carbonyl (C=O) groups excluding carboxylic acids is 1. The minimum absolute atomic E-state index is 0.00382. The van der Waals surface area contributed by atoms with Gasteiger partial charge in [-0.2, -0.15) is 13.2 Å². The van der Waals surface area contributed by atoms with Crippen LogP contribution in [0.4, 0.5) is 13.2 Å². The molecule has 0 fully saturated rings. The summed E-state index contributed by atoms with van der Waals surface area (Å²) in [4.78, 5) is 22.5. The van der Waals surface area contributed by atoms with E-state index in [-0.39, 0.29) is 36.4 Å². The van der Waals surface area contributed by atoms with Crippen molar-refractivity contribution in [3.8, 4) is 5.75 Å². The summed E-state index contributed by atoms with van der Waals surface area (Å²) in [5.41, 5.74) is -0.830. The number of carboxylic acids is 1. The summed E-state index contributed by atoms with van der Waals surface area (Å²) in [5, 5.41) is 18.7. The Balaban J connectivity index is 1.82. The van der Waals surface area contributed by atoms with Crippen LogP contribution in [0.3, 0.4) is 0 Å². The van der Waals surface area contributed by atoms with Crippen molar-refractivity contribution in [1.29, 1.82) is 0 Å². The lowest BCUT2D eigenvalue weighted by atomic mass is 9.90. The van der Waals surface area contributed by atoms with E-state index in [1.807, 2.05) is 12.2 Å². The topological polar surface area (TPSA) is 83.8 Å². The molecule has 0 aliphatic heterocycles. The zero-order valence-electron chi connectivity index (χ0n) is 16.8. The number of aliphatic carboxylic acids is 1. The number of benzene rings is 1. The van der Waals surface area contributed by atoms with Gasteiger partial charge in [-0.1, -0.05) is 36.4 Å². The number of hydrogen-bond donors (Lipinski definition) is 2. The Morgan fingerprint density at radius 2 is 2.03 bits per heavy atom. The van der Waals surface area contributed by atoms with Gasteiger partial charge in [0.1, 0.15) is 18.5 Å². The van der Waals surface area contributed by atoms with Crippen LogP contribution < -0.4 is 4.74 Å². The van der Waals surface area contributed by atoms with Crippen LogP contribution >= 0.6 is 0 Å². The molecule has 0 amide bonds. The highest BCUT2D eigenvalue weighted by Crippen LogP contribution is 2.31. The van der Waals surface area contributed by atoms with Crippen LogP contribution in [0.2, 0.25) is 0 Å². The molecule has 0 radical (unpaired) electrons. The van der Waals surface area contributed by atoms with Gasteiger partial charge in [-0.05, 0) is 43.5 Å². The van der Waals surface area contributed by atoms with Crippen LogP contribution in [0.5, 0.6) is 5.75 Å². The van der Waals surface area contributed by atoms with Gasteiger partial charge in [-0.25, -0.2) is 0 Å². The predicted octanol–water partition coefficient (Wildman–Crippen LogP) is 4.57. The molecular weight excluding hydrogens is 413 g/mol. The molecular formula is C23H25F3O5. The van der Waals surface area contributed by atoms with Crippen LogP contribution in [0, 0.1) is 11.8 Å².